The molecule has 16 heavy (non-hydrogen) atoms. The molecular formula is C10H8ClF2NO2. The van der Waals surface area contributed by atoms with E-state index in [2.05, 4.69) is 0 Å². The molecular weight excluding hydrogens is 240 g/mol. The molecule has 1 amide bonds. The van der Waals surface area contributed by atoms with E-state index in [1.165, 1.54) is 12.1 Å². The highest BCUT2D eigenvalue weighted by Crippen LogP contribution is 2.33. The molecule has 86 valence electrons. The molecule has 1 aromatic carbocycles. The van der Waals surface area contributed by atoms with Gasteiger partial charge in [-0.3, -0.25) is 4.79 Å². The smallest absolute Gasteiger partial charge is 0.351 e. The lowest BCUT2D eigenvalue weighted by molar-refractivity contribution is -0.148. The molecule has 1 fully saturated rings. The van der Waals surface area contributed by atoms with Crippen LogP contribution in [0.25, 0.3) is 0 Å². The minimum atomic E-state index is -3.72. The minimum absolute atomic E-state index is 0.258. The summed E-state index contributed by atoms with van der Waals surface area (Å²) in [6.45, 7) is -0.424. The fourth-order valence-electron chi connectivity index (χ4n) is 1.56. The fourth-order valence-corrected chi connectivity index (χ4v) is 1.74. The first-order valence-corrected chi connectivity index (χ1v) is 4.94. The third-order valence-corrected chi connectivity index (χ3v) is 2.66. The summed E-state index contributed by atoms with van der Waals surface area (Å²) in [4.78, 5) is 12.2. The van der Waals surface area contributed by atoms with Crippen molar-refractivity contribution in [2.24, 2.45) is 0 Å². The molecule has 1 saturated heterocycles. The van der Waals surface area contributed by atoms with Gasteiger partial charge < -0.3 is 10.0 Å². The van der Waals surface area contributed by atoms with Gasteiger partial charge in [-0.25, -0.2) is 0 Å². The van der Waals surface area contributed by atoms with Crippen LogP contribution in [-0.2, 0) is 4.79 Å². The Morgan fingerprint density at radius 2 is 2.19 bits per heavy atom. The maximum Gasteiger partial charge on any atom is 0.351 e. The summed E-state index contributed by atoms with van der Waals surface area (Å²) in [5.41, 5.74) is 0.258. The van der Waals surface area contributed by atoms with E-state index in [-0.39, 0.29) is 5.69 Å². The molecule has 0 bridgehead atoms. The number of nitrogens with zero attached hydrogens (tertiary/aromatic N) is 1. The van der Waals surface area contributed by atoms with Crippen molar-refractivity contribution in [3.63, 3.8) is 0 Å². The van der Waals surface area contributed by atoms with Gasteiger partial charge in [0.2, 0.25) is 0 Å². The zero-order chi connectivity index (χ0) is 11.9. The second-order valence-corrected chi connectivity index (χ2v) is 3.97. The summed E-state index contributed by atoms with van der Waals surface area (Å²) in [6.07, 6.45) is -1.97. The van der Waals surface area contributed by atoms with Crippen LogP contribution >= 0.6 is 11.6 Å². The maximum atomic E-state index is 13.1. The van der Waals surface area contributed by atoms with Crippen LogP contribution in [0.2, 0.25) is 5.02 Å². The number of amides is 1. The standard InChI is InChI=1S/C10H8ClF2NO2/c11-6-2-1-3-7(4-6)14-5-8(15)10(12,13)9(14)16/h1-4,8,15H,5H2/t8-/m0/s1. The fraction of sp³-hybridized carbons (Fsp3) is 0.300. The Morgan fingerprint density at radius 3 is 2.69 bits per heavy atom. The van der Waals surface area contributed by atoms with E-state index in [0.717, 1.165) is 4.90 Å². The maximum absolute atomic E-state index is 13.1. The van der Waals surface area contributed by atoms with Crippen molar-refractivity contribution in [2.45, 2.75) is 12.0 Å². The molecule has 6 heteroatoms. The number of benzene rings is 1. The van der Waals surface area contributed by atoms with Crippen molar-refractivity contribution in [3.8, 4) is 0 Å². The van der Waals surface area contributed by atoms with Gasteiger partial charge in [0.05, 0.1) is 6.54 Å². The summed E-state index contributed by atoms with van der Waals surface area (Å²) in [6, 6.07) is 6.00. The van der Waals surface area contributed by atoms with Crippen molar-refractivity contribution >= 4 is 23.2 Å². The normalized spacial score (nSPS) is 23.9. The highest BCUT2D eigenvalue weighted by Gasteiger charge is 2.56. The van der Waals surface area contributed by atoms with Crippen molar-refractivity contribution in [1.82, 2.24) is 0 Å². The predicted octanol–water partition coefficient (Wildman–Crippen LogP) is 1.68. The molecule has 0 spiro atoms. The molecule has 0 aliphatic carbocycles. The zero-order valence-electron chi connectivity index (χ0n) is 8.03. The molecule has 0 radical (unpaired) electrons. The van der Waals surface area contributed by atoms with Gasteiger partial charge in [-0.05, 0) is 18.2 Å². The first kappa shape index (κ1) is 11.3. The monoisotopic (exact) mass is 247 g/mol. The SMILES string of the molecule is O=C1N(c2cccc(Cl)c2)C[C@H](O)C1(F)F. The number of halogens is 3. The van der Waals surface area contributed by atoms with Crippen LogP contribution in [0.5, 0.6) is 0 Å². The van der Waals surface area contributed by atoms with Gasteiger partial charge in [-0.15, -0.1) is 0 Å². The van der Waals surface area contributed by atoms with Gasteiger partial charge in [-0.1, -0.05) is 17.7 Å². The summed E-state index contributed by atoms with van der Waals surface area (Å²) < 4.78 is 26.2. The Hall–Kier alpha value is -1.20. The Balaban J connectivity index is 2.35. The van der Waals surface area contributed by atoms with E-state index in [1.807, 2.05) is 0 Å². The number of anilines is 1. The Kier molecular flexibility index (Phi) is 2.59. The van der Waals surface area contributed by atoms with Crippen molar-refractivity contribution < 1.29 is 18.7 Å². The quantitative estimate of drug-likeness (QED) is 0.820. The minimum Gasteiger partial charge on any atom is -0.384 e. The number of carbonyl (C=O) groups is 1. The van der Waals surface area contributed by atoms with E-state index in [0.29, 0.717) is 5.02 Å². The van der Waals surface area contributed by atoms with E-state index in [9.17, 15) is 13.6 Å². The Labute approximate surface area is 95.2 Å². The summed E-state index contributed by atoms with van der Waals surface area (Å²) in [7, 11) is 0. The van der Waals surface area contributed by atoms with Gasteiger partial charge in [0.25, 0.3) is 5.91 Å². The zero-order valence-corrected chi connectivity index (χ0v) is 8.79. The van der Waals surface area contributed by atoms with Crippen LogP contribution < -0.4 is 4.90 Å². The van der Waals surface area contributed by atoms with Crippen LogP contribution in [0.15, 0.2) is 24.3 Å². The van der Waals surface area contributed by atoms with Crippen molar-refractivity contribution in [3.05, 3.63) is 29.3 Å². The van der Waals surface area contributed by atoms with Gasteiger partial charge in [0.1, 0.15) is 6.10 Å². The summed E-state index contributed by atoms with van der Waals surface area (Å²) in [5.74, 6) is -5.12. The van der Waals surface area contributed by atoms with E-state index in [1.54, 1.807) is 12.1 Å². The molecule has 1 N–H and O–H groups in total. The highest BCUT2D eigenvalue weighted by molar-refractivity contribution is 6.31. The second kappa shape index (κ2) is 3.68. The molecule has 1 heterocycles. The molecule has 0 unspecified atom stereocenters. The number of aliphatic hydroxyl groups excluding tert-OH is 1. The lowest BCUT2D eigenvalue weighted by Crippen LogP contribution is -2.36. The molecule has 0 saturated carbocycles. The molecule has 0 aromatic heterocycles. The average molecular weight is 248 g/mol. The second-order valence-electron chi connectivity index (χ2n) is 3.53. The van der Waals surface area contributed by atoms with Gasteiger partial charge in [0.15, 0.2) is 0 Å². The molecule has 1 aliphatic heterocycles. The number of β-amino-alcohol motifs (C(OH)–C–C–N with tert-alkyl or cyclic N) is 1. The first-order valence-electron chi connectivity index (χ1n) is 4.56. The predicted molar refractivity (Wildman–Crippen MR) is 54.8 cm³/mol. The number of aliphatic hydroxyl groups is 1. The van der Waals surface area contributed by atoms with Gasteiger partial charge in [0, 0.05) is 10.7 Å². The first-order chi connectivity index (χ1) is 7.43. The van der Waals surface area contributed by atoms with Crippen LogP contribution in [-0.4, -0.2) is 29.6 Å². The molecule has 1 aromatic rings. The Morgan fingerprint density at radius 1 is 1.50 bits per heavy atom. The topological polar surface area (TPSA) is 40.5 Å². The molecule has 1 atom stereocenters. The number of carbonyl (C=O) groups excluding carboxylic acids is 1. The molecule has 3 nitrogen and oxygen atoms in total. The van der Waals surface area contributed by atoms with Crippen molar-refractivity contribution in [1.29, 1.82) is 0 Å². The third-order valence-electron chi connectivity index (χ3n) is 2.42. The Bertz CT molecular complexity index is 439. The highest BCUT2D eigenvalue weighted by atomic mass is 35.5. The van der Waals surface area contributed by atoms with Crippen LogP contribution in [0, 0.1) is 0 Å². The molecule has 1 aliphatic rings. The largest absolute Gasteiger partial charge is 0.384 e. The lowest BCUT2D eigenvalue weighted by Gasteiger charge is -2.15. The summed E-state index contributed by atoms with van der Waals surface area (Å²) >= 11 is 5.69. The van der Waals surface area contributed by atoms with Crippen molar-refractivity contribution in [2.75, 3.05) is 11.4 Å². The number of rotatable bonds is 1. The van der Waals surface area contributed by atoms with Gasteiger partial charge in [-0.2, -0.15) is 8.78 Å². The average Bonchev–Trinajstić information content (AvgIpc) is 2.42. The summed E-state index contributed by atoms with van der Waals surface area (Å²) in [5, 5.41) is 9.43. The van der Waals surface area contributed by atoms with Crippen LogP contribution in [0.1, 0.15) is 0 Å². The van der Waals surface area contributed by atoms with Gasteiger partial charge >= 0.3 is 5.92 Å². The number of alkyl halides is 2. The third kappa shape index (κ3) is 1.66. The van der Waals surface area contributed by atoms with E-state index < -0.39 is 24.5 Å². The number of hydrogen-bond acceptors (Lipinski definition) is 2. The van der Waals surface area contributed by atoms with Crippen LogP contribution in [0.3, 0.4) is 0 Å². The van der Waals surface area contributed by atoms with Crippen LogP contribution in [0.4, 0.5) is 14.5 Å². The van der Waals surface area contributed by atoms with E-state index >= 15 is 0 Å². The lowest BCUT2D eigenvalue weighted by atomic mass is 10.2. The van der Waals surface area contributed by atoms with E-state index in [4.69, 9.17) is 16.7 Å². The molecule has 2 rings (SSSR count). The number of hydrogen-bond donors (Lipinski definition) is 1.